The molecular weight excluding hydrogens is 263 g/mol. The molecule has 21 heavy (non-hydrogen) atoms. The normalized spacial score (nSPS) is 27.5. The molecule has 1 aliphatic carbocycles. The number of rotatable bonds is 5. The number of nitrogens with one attached hydrogen (secondary N) is 1. The Morgan fingerprint density at radius 1 is 1.24 bits per heavy atom. The van der Waals surface area contributed by atoms with Crippen molar-refractivity contribution in [2.45, 2.75) is 44.6 Å². The van der Waals surface area contributed by atoms with Crippen LogP contribution in [-0.2, 0) is 0 Å². The second-order valence-corrected chi connectivity index (χ2v) is 6.71. The topological polar surface area (TPSA) is 15.3 Å². The molecule has 0 atom stereocenters. The molecule has 0 bridgehead atoms. The number of hydrogen-bond acceptors (Lipinski definition) is 2. The highest BCUT2D eigenvalue weighted by Gasteiger charge is 2.30. The molecule has 1 aliphatic heterocycles. The van der Waals surface area contributed by atoms with Crippen molar-refractivity contribution in [3.05, 3.63) is 35.6 Å². The highest BCUT2D eigenvalue weighted by molar-refractivity contribution is 5.23. The van der Waals surface area contributed by atoms with Crippen molar-refractivity contribution in [3.8, 4) is 0 Å². The largest absolute Gasteiger partial charge is 0.314 e. The number of halogens is 1. The molecule has 1 aromatic carbocycles. The summed E-state index contributed by atoms with van der Waals surface area (Å²) in [5.41, 5.74) is 1.17. The molecule has 0 aromatic heterocycles. The quantitative estimate of drug-likeness (QED) is 0.894. The van der Waals surface area contributed by atoms with Gasteiger partial charge in [0.2, 0.25) is 0 Å². The zero-order valence-corrected chi connectivity index (χ0v) is 13.0. The van der Waals surface area contributed by atoms with Gasteiger partial charge in [-0.1, -0.05) is 19.1 Å². The number of nitrogens with zero attached hydrogens (tertiary/aromatic N) is 1. The minimum absolute atomic E-state index is 0.105. The Kier molecular flexibility index (Phi) is 4.91. The van der Waals surface area contributed by atoms with E-state index in [1.807, 2.05) is 6.07 Å². The number of hydrogen-bond donors (Lipinski definition) is 1. The van der Waals surface area contributed by atoms with Gasteiger partial charge in [0.05, 0.1) is 0 Å². The molecule has 1 saturated heterocycles. The lowest BCUT2D eigenvalue weighted by Crippen LogP contribution is -2.44. The SMILES string of the molecule is CCN1CCC(CNC2CC(c3cccc(F)c3)C2)CC1. The Morgan fingerprint density at radius 3 is 2.67 bits per heavy atom. The lowest BCUT2D eigenvalue weighted by Gasteiger charge is -2.38. The number of likely N-dealkylation sites (tertiary alicyclic amines) is 1. The molecule has 1 heterocycles. The Bertz CT molecular complexity index is 448. The third kappa shape index (κ3) is 3.83. The molecule has 1 N–H and O–H groups in total. The van der Waals surface area contributed by atoms with Gasteiger partial charge in [0, 0.05) is 6.04 Å². The average molecular weight is 290 g/mol. The van der Waals surface area contributed by atoms with Gasteiger partial charge in [0.25, 0.3) is 0 Å². The Hall–Kier alpha value is -0.930. The monoisotopic (exact) mass is 290 g/mol. The number of benzene rings is 1. The second kappa shape index (κ2) is 6.89. The molecule has 2 fully saturated rings. The zero-order valence-electron chi connectivity index (χ0n) is 13.0. The Morgan fingerprint density at radius 2 is 2.00 bits per heavy atom. The summed E-state index contributed by atoms with van der Waals surface area (Å²) >= 11 is 0. The van der Waals surface area contributed by atoms with Gasteiger partial charge >= 0.3 is 0 Å². The molecule has 3 rings (SSSR count). The molecular formula is C18H27FN2. The van der Waals surface area contributed by atoms with E-state index in [2.05, 4.69) is 23.2 Å². The van der Waals surface area contributed by atoms with E-state index >= 15 is 0 Å². The Labute approximate surface area is 127 Å². The molecule has 0 spiro atoms. The molecule has 2 nitrogen and oxygen atoms in total. The standard InChI is InChI=1S/C18H27FN2/c1-2-21-8-6-14(7-9-21)13-20-18-11-16(12-18)15-4-3-5-17(19)10-15/h3-5,10,14,16,18,20H,2,6-9,11-13H2,1H3. The van der Waals surface area contributed by atoms with Crippen LogP contribution in [0.5, 0.6) is 0 Å². The van der Waals surface area contributed by atoms with Crippen molar-refractivity contribution in [1.82, 2.24) is 10.2 Å². The van der Waals surface area contributed by atoms with Crippen LogP contribution in [0.25, 0.3) is 0 Å². The van der Waals surface area contributed by atoms with E-state index in [4.69, 9.17) is 0 Å². The van der Waals surface area contributed by atoms with Crippen LogP contribution < -0.4 is 5.32 Å². The van der Waals surface area contributed by atoms with Crippen molar-refractivity contribution < 1.29 is 4.39 Å². The van der Waals surface area contributed by atoms with E-state index < -0.39 is 0 Å². The van der Waals surface area contributed by atoms with E-state index in [1.54, 1.807) is 6.07 Å². The highest BCUT2D eigenvalue weighted by Crippen LogP contribution is 2.37. The van der Waals surface area contributed by atoms with Gasteiger partial charge < -0.3 is 10.2 Å². The highest BCUT2D eigenvalue weighted by atomic mass is 19.1. The maximum Gasteiger partial charge on any atom is 0.123 e. The lowest BCUT2D eigenvalue weighted by molar-refractivity contribution is 0.179. The van der Waals surface area contributed by atoms with Crippen molar-refractivity contribution in [2.75, 3.05) is 26.2 Å². The van der Waals surface area contributed by atoms with Gasteiger partial charge in [0.1, 0.15) is 5.82 Å². The van der Waals surface area contributed by atoms with E-state index in [-0.39, 0.29) is 5.82 Å². The number of piperidine rings is 1. The van der Waals surface area contributed by atoms with Crippen LogP contribution >= 0.6 is 0 Å². The van der Waals surface area contributed by atoms with E-state index in [0.29, 0.717) is 12.0 Å². The maximum atomic E-state index is 13.2. The van der Waals surface area contributed by atoms with Crippen molar-refractivity contribution in [2.24, 2.45) is 5.92 Å². The Balaban J connectivity index is 1.36. The summed E-state index contributed by atoms with van der Waals surface area (Å²) in [7, 11) is 0. The summed E-state index contributed by atoms with van der Waals surface area (Å²) in [4.78, 5) is 2.54. The first kappa shape index (κ1) is 15.0. The molecule has 1 saturated carbocycles. The predicted molar refractivity (Wildman–Crippen MR) is 85.0 cm³/mol. The minimum atomic E-state index is -0.105. The lowest BCUT2D eigenvalue weighted by atomic mass is 9.75. The summed E-state index contributed by atoms with van der Waals surface area (Å²) in [6.45, 7) is 7.13. The van der Waals surface area contributed by atoms with Gasteiger partial charge in [-0.2, -0.15) is 0 Å². The van der Waals surface area contributed by atoms with Crippen molar-refractivity contribution >= 4 is 0 Å². The second-order valence-electron chi connectivity index (χ2n) is 6.71. The van der Waals surface area contributed by atoms with Gasteiger partial charge in [-0.3, -0.25) is 0 Å². The van der Waals surface area contributed by atoms with Crippen LogP contribution in [0.15, 0.2) is 24.3 Å². The molecule has 116 valence electrons. The maximum absolute atomic E-state index is 13.2. The van der Waals surface area contributed by atoms with Crippen LogP contribution in [0.2, 0.25) is 0 Å². The fraction of sp³-hybridized carbons (Fsp3) is 0.667. The molecule has 3 heteroatoms. The molecule has 0 amide bonds. The average Bonchev–Trinajstić information content (AvgIpc) is 2.46. The first-order valence-electron chi connectivity index (χ1n) is 8.45. The smallest absolute Gasteiger partial charge is 0.123 e. The third-order valence-corrected chi connectivity index (χ3v) is 5.31. The molecule has 1 aromatic rings. The molecule has 2 aliphatic rings. The van der Waals surface area contributed by atoms with Gasteiger partial charge in [-0.15, -0.1) is 0 Å². The van der Waals surface area contributed by atoms with E-state index in [0.717, 1.165) is 25.3 Å². The first-order valence-corrected chi connectivity index (χ1v) is 8.45. The first-order chi connectivity index (χ1) is 10.2. The van der Waals surface area contributed by atoms with Crippen molar-refractivity contribution in [3.63, 3.8) is 0 Å². The third-order valence-electron chi connectivity index (χ3n) is 5.31. The zero-order chi connectivity index (χ0) is 14.7. The fourth-order valence-corrected chi connectivity index (χ4v) is 3.66. The predicted octanol–water partition coefficient (Wildman–Crippen LogP) is 3.39. The van der Waals surface area contributed by atoms with Gasteiger partial charge in [-0.05, 0) is 81.4 Å². The fourth-order valence-electron chi connectivity index (χ4n) is 3.66. The molecule has 0 unspecified atom stereocenters. The van der Waals surface area contributed by atoms with Crippen LogP contribution in [-0.4, -0.2) is 37.1 Å². The van der Waals surface area contributed by atoms with Gasteiger partial charge in [-0.25, -0.2) is 4.39 Å². The van der Waals surface area contributed by atoms with Crippen molar-refractivity contribution in [1.29, 1.82) is 0 Å². The summed E-state index contributed by atoms with van der Waals surface area (Å²) < 4.78 is 13.2. The van der Waals surface area contributed by atoms with Crippen LogP contribution in [0, 0.1) is 11.7 Å². The van der Waals surface area contributed by atoms with Crippen LogP contribution in [0.3, 0.4) is 0 Å². The van der Waals surface area contributed by atoms with E-state index in [1.165, 1.54) is 44.1 Å². The minimum Gasteiger partial charge on any atom is -0.314 e. The summed E-state index contributed by atoms with van der Waals surface area (Å²) in [5, 5.41) is 3.72. The van der Waals surface area contributed by atoms with Crippen LogP contribution in [0.1, 0.15) is 44.1 Å². The van der Waals surface area contributed by atoms with E-state index in [9.17, 15) is 4.39 Å². The summed E-state index contributed by atoms with van der Waals surface area (Å²) in [5.74, 6) is 1.30. The summed E-state index contributed by atoms with van der Waals surface area (Å²) in [6, 6.07) is 7.75. The molecule has 0 radical (unpaired) electrons. The van der Waals surface area contributed by atoms with Crippen LogP contribution in [0.4, 0.5) is 4.39 Å². The summed E-state index contributed by atoms with van der Waals surface area (Å²) in [6.07, 6.45) is 5.00. The van der Waals surface area contributed by atoms with Gasteiger partial charge in [0.15, 0.2) is 0 Å².